The number of nitrogens with zero attached hydrogens (tertiary/aromatic N) is 1. The van der Waals surface area contributed by atoms with Crippen LogP contribution in [0.2, 0.25) is 0 Å². The average molecular weight is 368 g/mol. The molecule has 6 heteroatoms. The predicted octanol–water partition coefficient (Wildman–Crippen LogP) is 3.40. The van der Waals surface area contributed by atoms with Gasteiger partial charge in [0.15, 0.2) is 5.78 Å². The van der Waals surface area contributed by atoms with Crippen molar-refractivity contribution in [1.29, 1.82) is 0 Å². The highest BCUT2D eigenvalue weighted by atomic mass is 35.5. The van der Waals surface area contributed by atoms with Gasteiger partial charge in [0.2, 0.25) is 0 Å². The number of carboxylic acids is 1. The van der Waals surface area contributed by atoms with E-state index in [1.54, 1.807) is 13.0 Å². The predicted molar refractivity (Wildman–Crippen MR) is 97.6 cm³/mol. The van der Waals surface area contributed by atoms with Gasteiger partial charge in [-0.25, -0.2) is 0 Å². The van der Waals surface area contributed by atoms with E-state index in [0.29, 0.717) is 25.3 Å². The van der Waals surface area contributed by atoms with E-state index in [2.05, 4.69) is 4.90 Å². The molecular formula is C19H26ClNO4. The number of Topliss-reactive ketones (excluding diaryl/α,β-unsaturated/α-hetero) is 1. The van der Waals surface area contributed by atoms with Gasteiger partial charge in [0.25, 0.3) is 0 Å². The van der Waals surface area contributed by atoms with Crippen molar-refractivity contribution in [2.75, 3.05) is 19.7 Å². The molecule has 5 nitrogen and oxygen atoms in total. The smallest absolute Gasteiger partial charge is 0.311 e. The second-order valence-electron chi connectivity index (χ2n) is 7.03. The lowest BCUT2D eigenvalue weighted by Gasteiger charge is -2.24. The quantitative estimate of drug-likeness (QED) is 0.780. The number of ketones is 1. The zero-order valence-corrected chi connectivity index (χ0v) is 15.6. The van der Waals surface area contributed by atoms with E-state index < -0.39 is 11.4 Å². The lowest BCUT2D eigenvalue weighted by molar-refractivity contribution is -0.149. The third-order valence-electron chi connectivity index (χ3n) is 5.53. The zero-order chi connectivity index (χ0) is 17.3. The van der Waals surface area contributed by atoms with E-state index >= 15 is 0 Å². The standard InChI is InChI=1S/C19H25NO4.ClH/c1-3-24-17-7-6-14(13(2)21)9-15(17)10-20-11-16-5-4-8-19(16,12-20)18(22)23;/h6-7,9,16H,3-5,8,10-12H2,1-2H3,(H,22,23);1H/t16-,19+;/m0./s1. The number of benzene rings is 1. The summed E-state index contributed by atoms with van der Waals surface area (Å²) in [6.45, 7) is 6.07. The van der Waals surface area contributed by atoms with Crippen LogP contribution in [0.1, 0.15) is 49.0 Å². The number of aliphatic carboxylic acids is 1. The number of rotatable bonds is 6. The minimum atomic E-state index is -0.657. The Kier molecular flexibility index (Phi) is 6.12. The summed E-state index contributed by atoms with van der Waals surface area (Å²) in [6.07, 6.45) is 2.78. The molecule has 0 aromatic heterocycles. The summed E-state index contributed by atoms with van der Waals surface area (Å²) in [4.78, 5) is 25.7. The molecule has 1 N–H and O–H groups in total. The average Bonchev–Trinajstić information content (AvgIpc) is 3.06. The van der Waals surface area contributed by atoms with Crippen LogP contribution in [-0.2, 0) is 11.3 Å². The molecule has 0 radical (unpaired) electrons. The molecule has 1 aromatic carbocycles. The molecule has 2 aliphatic rings. The Morgan fingerprint density at radius 2 is 2.16 bits per heavy atom. The second-order valence-corrected chi connectivity index (χ2v) is 7.03. The minimum absolute atomic E-state index is 0. The summed E-state index contributed by atoms with van der Waals surface area (Å²) in [7, 11) is 0. The number of hydrogen-bond acceptors (Lipinski definition) is 4. The van der Waals surface area contributed by atoms with Crippen LogP contribution in [0.25, 0.3) is 0 Å². The Hall–Kier alpha value is -1.59. The van der Waals surface area contributed by atoms with Gasteiger partial charge >= 0.3 is 5.97 Å². The van der Waals surface area contributed by atoms with Crippen LogP contribution in [0.15, 0.2) is 18.2 Å². The molecule has 1 aliphatic heterocycles. The maximum Gasteiger partial charge on any atom is 0.311 e. The lowest BCUT2D eigenvalue weighted by atomic mass is 9.81. The number of hydrogen-bond donors (Lipinski definition) is 1. The summed E-state index contributed by atoms with van der Waals surface area (Å²) in [6, 6.07) is 5.52. The summed E-state index contributed by atoms with van der Waals surface area (Å²) in [5.41, 5.74) is 1.05. The highest BCUT2D eigenvalue weighted by Crippen LogP contribution is 2.49. The van der Waals surface area contributed by atoms with Crippen LogP contribution in [0.4, 0.5) is 0 Å². The molecule has 0 bridgehead atoms. The van der Waals surface area contributed by atoms with Crippen molar-refractivity contribution < 1.29 is 19.4 Å². The Balaban J connectivity index is 0.00000225. The molecule has 25 heavy (non-hydrogen) atoms. The summed E-state index contributed by atoms with van der Waals surface area (Å²) < 4.78 is 5.69. The van der Waals surface area contributed by atoms with Crippen LogP contribution < -0.4 is 4.74 Å². The third-order valence-corrected chi connectivity index (χ3v) is 5.53. The zero-order valence-electron chi connectivity index (χ0n) is 14.8. The molecule has 1 heterocycles. The van der Waals surface area contributed by atoms with Gasteiger partial charge in [-0.15, -0.1) is 12.4 Å². The fourth-order valence-electron chi connectivity index (χ4n) is 4.32. The van der Waals surface area contributed by atoms with Gasteiger partial charge in [0.1, 0.15) is 5.75 Å². The Bertz CT molecular complexity index is 663. The molecule has 3 rings (SSSR count). The first-order chi connectivity index (χ1) is 11.5. The number of fused-ring (bicyclic) bond motifs is 1. The molecule has 1 saturated carbocycles. The fourth-order valence-corrected chi connectivity index (χ4v) is 4.32. The molecular weight excluding hydrogens is 342 g/mol. The normalized spacial score (nSPS) is 25.3. The van der Waals surface area contributed by atoms with Crippen molar-refractivity contribution in [2.45, 2.75) is 39.7 Å². The molecule has 138 valence electrons. The van der Waals surface area contributed by atoms with Gasteiger partial charge in [-0.1, -0.05) is 6.42 Å². The van der Waals surface area contributed by atoms with Gasteiger partial charge in [-0.05, 0) is 50.8 Å². The first kappa shape index (κ1) is 19.7. The Morgan fingerprint density at radius 3 is 2.76 bits per heavy atom. The largest absolute Gasteiger partial charge is 0.494 e. The Morgan fingerprint density at radius 1 is 1.40 bits per heavy atom. The van der Waals surface area contributed by atoms with Crippen LogP contribution in [0.3, 0.4) is 0 Å². The van der Waals surface area contributed by atoms with Gasteiger partial charge in [0.05, 0.1) is 12.0 Å². The summed E-state index contributed by atoms with van der Waals surface area (Å²) in [5, 5.41) is 9.72. The number of carboxylic acid groups (broad SMARTS) is 1. The minimum Gasteiger partial charge on any atom is -0.494 e. The molecule has 1 aliphatic carbocycles. The highest BCUT2D eigenvalue weighted by molar-refractivity contribution is 5.94. The number of likely N-dealkylation sites (tertiary alicyclic amines) is 1. The van der Waals surface area contributed by atoms with Crippen LogP contribution in [-0.4, -0.2) is 41.5 Å². The maximum absolute atomic E-state index is 11.8. The van der Waals surface area contributed by atoms with E-state index in [-0.39, 0.29) is 24.1 Å². The van der Waals surface area contributed by atoms with Crippen molar-refractivity contribution in [1.82, 2.24) is 4.90 Å². The number of halogens is 1. The monoisotopic (exact) mass is 367 g/mol. The van der Waals surface area contributed by atoms with Crippen molar-refractivity contribution in [3.05, 3.63) is 29.3 Å². The number of carbonyl (C=O) groups is 2. The van der Waals surface area contributed by atoms with E-state index in [0.717, 1.165) is 37.1 Å². The van der Waals surface area contributed by atoms with E-state index in [4.69, 9.17) is 4.74 Å². The first-order valence-electron chi connectivity index (χ1n) is 8.68. The molecule has 0 amide bonds. The summed E-state index contributed by atoms with van der Waals surface area (Å²) in [5.74, 6) is 0.389. The van der Waals surface area contributed by atoms with Gasteiger partial charge in [-0.2, -0.15) is 0 Å². The molecule has 0 spiro atoms. The van der Waals surface area contributed by atoms with E-state index in [1.165, 1.54) is 0 Å². The second kappa shape index (κ2) is 7.75. The van der Waals surface area contributed by atoms with Crippen LogP contribution in [0, 0.1) is 11.3 Å². The summed E-state index contributed by atoms with van der Waals surface area (Å²) >= 11 is 0. The van der Waals surface area contributed by atoms with Crippen molar-refractivity contribution in [3.8, 4) is 5.75 Å². The molecule has 0 unspecified atom stereocenters. The van der Waals surface area contributed by atoms with E-state index in [1.807, 2.05) is 19.1 Å². The lowest BCUT2D eigenvalue weighted by Crippen LogP contribution is -2.35. The molecule has 1 saturated heterocycles. The first-order valence-corrected chi connectivity index (χ1v) is 8.68. The van der Waals surface area contributed by atoms with Crippen molar-refractivity contribution >= 4 is 24.2 Å². The van der Waals surface area contributed by atoms with Crippen molar-refractivity contribution in [2.24, 2.45) is 11.3 Å². The van der Waals surface area contributed by atoms with Crippen LogP contribution >= 0.6 is 12.4 Å². The number of carbonyl (C=O) groups excluding carboxylic acids is 1. The van der Waals surface area contributed by atoms with Gasteiger partial charge in [0, 0.05) is 30.8 Å². The fraction of sp³-hybridized carbons (Fsp3) is 0.579. The van der Waals surface area contributed by atoms with E-state index in [9.17, 15) is 14.7 Å². The molecule has 2 fully saturated rings. The third kappa shape index (κ3) is 3.67. The van der Waals surface area contributed by atoms with Gasteiger partial charge < -0.3 is 9.84 Å². The van der Waals surface area contributed by atoms with Gasteiger partial charge in [-0.3, -0.25) is 14.5 Å². The topological polar surface area (TPSA) is 66.8 Å². The molecule has 1 aromatic rings. The number of ether oxygens (including phenoxy) is 1. The SMILES string of the molecule is CCOc1ccc(C(C)=O)cc1CN1C[C@@H]2CCC[C@@]2(C(=O)O)C1.Cl. The maximum atomic E-state index is 11.8. The van der Waals surface area contributed by atoms with Crippen molar-refractivity contribution in [3.63, 3.8) is 0 Å². The van der Waals surface area contributed by atoms with Crippen LogP contribution in [0.5, 0.6) is 5.75 Å². The highest BCUT2D eigenvalue weighted by Gasteiger charge is 2.54. The Labute approximate surface area is 154 Å². The molecule has 2 atom stereocenters.